The monoisotopic (exact) mass is 363 g/mol. The first kappa shape index (κ1) is 16.8. The van der Waals surface area contributed by atoms with Gasteiger partial charge in [-0.15, -0.1) is 0 Å². The number of urea groups is 1. The van der Waals surface area contributed by atoms with E-state index in [0.29, 0.717) is 25.9 Å². The van der Waals surface area contributed by atoms with E-state index in [1.54, 1.807) is 4.90 Å². The summed E-state index contributed by atoms with van der Waals surface area (Å²) in [6.07, 6.45) is 7.41. The van der Waals surface area contributed by atoms with Crippen LogP contribution in [0.25, 0.3) is 0 Å². The number of aryl methyl sites for hydroxylation is 2. The summed E-state index contributed by atoms with van der Waals surface area (Å²) in [5, 5.41) is 7.88. The number of nitrogens with two attached hydrogens (primary N) is 1. The van der Waals surface area contributed by atoms with Gasteiger partial charge in [-0.25, -0.2) is 18.4 Å². The SMILES string of the molecule is NS(=O)(=O)C1CCN(C(=O)Nc2c3c(cc4c2CCC4)CCC3)CC1. The number of fused-ring (bicyclic) bond motifs is 2. The van der Waals surface area contributed by atoms with Gasteiger partial charge in [-0.05, 0) is 73.6 Å². The summed E-state index contributed by atoms with van der Waals surface area (Å²) in [6.45, 7) is 0.869. The van der Waals surface area contributed by atoms with Gasteiger partial charge in [0.05, 0.1) is 5.25 Å². The molecule has 0 spiro atoms. The molecule has 1 heterocycles. The van der Waals surface area contributed by atoms with Crippen LogP contribution in [0.5, 0.6) is 0 Å². The fourth-order valence-corrected chi connectivity index (χ4v) is 5.41. The summed E-state index contributed by atoms with van der Waals surface area (Å²) in [4.78, 5) is 14.5. The molecule has 25 heavy (non-hydrogen) atoms. The molecule has 1 aromatic carbocycles. The summed E-state index contributed by atoms with van der Waals surface area (Å²) in [5.41, 5.74) is 6.45. The van der Waals surface area contributed by atoms with Crippen LogP contribution in [0, 0.1) is 0 Å². The second kappa shape index (κ2) is 6.29. The maximum atomic E-state index is 12.8. The van der Waals surface area contributed by atoms with E-state index in [4.69, 9.17) is 5.14 Å². The molecule has 3 aliphatic rings. The second-order valence-electron chi connectivity index (χ2n) is 7.44. The fourth-order valence-electron chi connectivity index (χ4n) is 4.54. The number of anilines is 1. The largest absolute Gasteiger partial charge is 0.324 e. The third-order valence-electron chi connectivity index (χ3n) is 5.90. The van der Waals surface area contributed by atoms with Gasteiger partial charge in [0.15, 0.2) is 0 Å². The summed E-state index contributed by atoms with van der Waals surface area (Å²) in [6, 6.07) is 2.24. The van der Waals surface area contributed by atoms with E-state index in [1.807, 2.05) is 0 Å². The van der Waals surface area contributed by atoms with Crippen molar-refractivity contribution in [2.24, 2.45) is 5.14 Å². The predicted octanol–water partition coefficient (Wildman–Crippen LogP) is 1.95. The van der Waals surface area contributed by atoms with Crippen LogP contribution in [0.4, 0.5) is 10.5 Å². The van der Waals surface area contributed by atoms with Gasteiger partial charge < -0.3 is 10.2 Å². The molecule has 1 saturated heterocycles. The lowest BCUT2D eigenvalue weighted by molar-refractivity contribution is 0.200. The molecule has 0 radical (unpaired) electrons. The summed E-state index contributed by atoms with van der Waals surface area (Å²) in [5.74, 6) is 0. The number of primary sulfonamides is 1. The summed E-state index contributed by atoms with van der Waals surface area (Å²) >= 11 is 0. The molecule has 1 fully saturated rings. The molecule has 7 heteroatoms. The molecule has 136 valence electrons. The van der Waals surface area contributed by atoms with Crippen LogP contribution >= 0.6 is 0 Å². The third-order valence-corrected chi connectivity index (χ3v) is 7.30. The number of hydrogen-bond donors (Lipinski definition) is 2. The van der Waals surface area contributed by atoms with Gasteiger partial charge in [0.25, 0.3) is 0 Å². The van der Waals surface area contributed by atoms with Crippen LogP contribution in [0.15, 0.2) is 6.07 Å². The molecule has 6 nitrogen and oxygen atoms in total. The zero-order chi connectivity index (χ0) is 17.6. The van der Waals surface area contributed by atoms with Crippen molar-refractivity contribution in [3.63, 3.8) is 0 Å². The number of benzene rings is 1. The zero-order valence-corrected chi connectivity index (χ0v) is 15.2. The number of amides is 2. The molecule has 0 unspecified atom stereocenters. The molecule has 0 aromatic heterocycles. The Morgan fingerprint density at radius 1 is 1.04 bits per heavy atom. The zero-order valence-electron chi connectivity index (χ0n) is 14.4. The van der Waals surface area contributed by atoms with Gasteiger partial charge in [-0.1, -0.05) is 6.07 Å². The standard InChI is InChI=1S/C18H25N3O3S/c19-25(23,24)14-7-9-21(10-8-14)18(22)20-17-15-5-1-3-12(15)11-13-4-2-6-16(13)17/h11,14H,1-10H2,(H,20,22)(H2,19,23,24). The van der Waals surface area contributed by atoms with Crippen molar-refractivity contribution in [1.29, 1.82) is 0 Å². The van der Waals surface area contributed by atoms with Gasteiger partial charge in [0.2, 0.25) is 10.0 Å². The minimum Gasteiger partial charge on any atom is -0.324 e. The van der Waals surface area contributed by atoms with Gasteiger partial charge in [0.1, 0.15) is 0 Å². The Kier molecular flexibility index (Phi) is 4.24. The Labute approximate surface area is 148 Å². The van der Waals surface area contributed by atoms with Crippen molar-refractivity contribution in [3.05, 3.63) is 28.3 Å². The number of likely N-dealkylation sites (tertiary alicyclic amines) is 1. The first-order chi connectivity index (χ1) is 11.9. The van der Waals surface area contributed by atoms with E-state index in [9.17, 15) is 13.2 Å². The molecular formula is C18H25N3O3S. The molecule has 3 N–H and O–H groups in total. The number of piperidine rings is 1. The van der Waals surface area contributed by atoms with Gasteiger partial charge in [-0.2, -0.15) is 0 Å². The van der Waals surface area contributed by atoms with Crippen LogP contribution < -0.4 is 10.5 Å². The summed E-state index contributed by atoms with van der Waals surface area (Å²) < 4.78 is 22.9. The Hall–Kier alpha value is -1.60. The quantitative estimate of drug-likeness (QED) is 0.841. The average molecular weight is 363 g/mol. The minimum absolute atomic E-state index is 0.109. The molecule has 2 amide bonds. The topological polar surface area (TPSA) is 92.5 Å². The first-order valence-electron chi connectivity index (χ1n) is 9.17. The molecule has 1 aliphatic heterocycles. The maximum Gasteiger partial charge on any atom is 0.321 e. The van der Waals surface area contributed by atoms with Crippen LogP contribution in [0.2, 0.25) is 0 Å². The lowest BCUT2D eigenvalue weighted by Crippen LogP contribution is -2.45. The van der Waals surface area contributed by atoms with Crippen LogP contribution in [-0.4, -0.2) is 37.7 Å². The normalized spacial score (nSPS) is 20.4. The van der Waals surface area contributed by atoms with Crippen molar-refractivity contribution in [3.8, 4) is 0 Å². The number of carbonyl (C=O) groups excluding carboxylic acids is 1. The van der Waals surface area contributed by atoms with Crippen molar-refractivity contribution in [1.82, 2.24) is 4.90 Å². The molecule has 1 aromatic rings. The number of sulfonamides is 1. The number of nitrogens with zero attached hydrogens (tertiary/aromatic N) is 1. The molecule has 2 aliphatic carbocycles. The maximum absolute atomic E-state index is 12.8. The molecule has 0 atom stereocenters. The Morgan fingerprint density at radius 3 is 2.12 bits per heavy atom. The highest BCUT2D eigenvalue weighted by atomic mass is 32.2. The van der Waals surface area contributed by atoms with Gasteiger partial charge in [0, 0.05) is 18.8 Å². The minimum atomic E-state index is -3.51. The van der Waals surface area contributed by atoms with E-state index >= 15 is 0 Å². The van der Waals surface area contributed by atoms with Crippen LogP contribution in [-0.2, 0) is 35.7 Å². The Bertz CT molecular complexity index is 779. The lowest BCUT2D eigenvalue weighted by atomic mass is 9.99. The first-order valence-corrected chi connectivity index (χ1v) is 10.8. The van der Waals surface area contributed by atoms with E-state index in [0.717, 1.165) is 44.2 Å². The fraction of sp³-hybridized carbons (Fsp3) is 0.611. The number of carbonyl (C=O) groups is 1. The summed E-state index contributed by atoms with van der Waals surface area (Å²) in [7, 11) is -3.51. The molecule has 0 bridgehead atoms. The van der Waals surface area contributed by atoms with E-state index in [1.165, 1.54) is 22.3 Å². The highest BCUT2D eigenvalue weighted by molar-refractivity contribution is 7.89. The van der Waals surface area contributed by atoms with E-state index in [-0.39, 0.29) is 6.03 Å². The number of hydrogen-bond acceptors (Lipinski definition) is 3. The van der Waals surface area contributed by atoms with E-state index in [2.05, 4.69) is 11.4 Å². The lowest BCUT2D eigenvalue weighted by Gasteiger charge is -2.31. The van der Waals surface area contributed by atoms with E-state index < -0.39 is 15.3 Å². The Balaban J connectivity index is 1.51. The molecular weight excluding hydrogens is 338 g/mol. The molecule has 0 saturated carbocycles. The van der Waals surface area contributed by atoms with Crippen molar-refractivity contribution >= 4 is 21.7 Å². The highest BCUT2D eigenvalue weighted by Crippen LogP contribution is 2.38. The predicted molar refractivity (Wildman–Crippen MR) is 97.2 cm³/mol. The van der Waals surface area contributed by atoms with Crippen molar-refractivity contribution in [2.45, 2.75) is 56.6 Å². The smallest absolute Gasteiger partial charge is 0.321 e. The Morgan fingerprint density at radius 2 is 1.60 bits per heavy atom. The molecule has 4 rings (SSSR count). The van der Waals surface area contributed by atoms with Crippen LogP contribution in [0.1, 0.15) is 47.9 Å². The van der Waals surface area contributed by atoms with Gasteiger partial charge in [-0.3, -0.25) is 0 Å². The average Bonchev–Trinajstić information content (AvgIpc) is 3.22. The van der Waals surface area contributed by atoms with Crippen molar-refractivity contribution in [2.75, 3.05) is 18.4 Å². The highest BCUT2D eigenvalue weighted by Gasteiger charge is 2.31. The van der Waals surface area contributed by atoms with Gasteiger partial charge >= 0.3 is 6.03 Å². The number of nitrogens with one attached hydrogen (secondary N) is 1. The number of rotatable bonds is 2. The third kappa shape index (κ3) is 3.15. The van der Waals surface area contributed by atoms with Crippen LogP contribution in [0.3, 0.4) is 0 Å². The van der Waals surface area contributed by atoms with Crippen molar-refractivity contribution < 1.29 is 13.2 Å². The second-order valence-corrected chi connectivity index (χ2v) is 9.28.